The third-order valence-corrected chi connectivity index (χ3v) is 2.28. The van der Waals surface area contributed by atoms with Gasteiger partial charge in [-0.15, -0.1) is 0 Å². The number of rotatable bonds is 3. The van der Waals surface area contributed by atoms with E-state index < -0.39 is 0 Å². The molecule has 0 bridgehead atoms. The number of carbonyl (C=O) groups excluding carboxylic acids is 1. The average Bonchev–Trinajstić information content (AvgIpc) is 2.85. The van der Waals surface area contributed by atoms with Crippen LogP contribution in [-0.4, -0.2) is 17.9 Å². The molecule has 0 atom stereocenters. The summed E-state index contributed by atoms with van der Waals surface area (Å²) >= 11 is 0. The molecule has 1 aromatic rings. The van der Waals surface area contributed by atoms with Gasteiger partial charge in [0.05, 0.1) is 12.8 Å². The number of furan rings is 1. The van der Waals surface area contributed by atoms with Gasteiger partial charge in [-0.25, -0.2) is 0 Å². The Bertz CT molecular complexity index is 288. The Balaban J connectivity index is 1.90. The number of amides is 1. The van der Waals surface area contributed by atoms with Crippen LogP contribution in [0.25, 0.3) is 0 Å². The van der Waals surface area contributed by atoms with Gasteiger partial charge >= 0.3 is 0 Å². The molecule has 70 valence electrons. The number of carbonyl (C=O) groups is 1. The van der Waals surface area contributed by atoms with Crippen molar-refractivity contribution >= 4 is 5.91 Å². The van der Waals surface area contributed by atoms with Gasteiger partial charge in [0.2, 0.25) is 5.91 Å². The minimum absolute atomic E-state index is 0.247. The Kier molecular flexibility index (Phi) is 2.08. The minimum atomic E-state index is 0.247. The van der Waals surface area contributed by atoms with E-state index in [0.29, 0.717) is 12.5 Å². The lowest BCUT2D eigenvalue weighted by Crippen LogP contribution is -2.27. The van der Waals surface area contributed by atoms with E-state index in [0.717, 1.165) is 18.6 Å². The lowest BCUT2D eigenvalue weighted by atomic mass is 10.3. The van der Waals surface area contributed by atoms with Crippen LogP contribution in [0.1, 0.15) is 18.6 Å². The van der Waals surface area contributed by atoms with Gasteiger partial charge in [0.25, 0.3) is 0 Å². The summed E-state index contributed by atoms with van der Waals surface area (Å²) in [6.45, 7) is 0.586. The van der Waals surface area contributed by atoms with Crippen LogP contribution in [-0.2, 0) is 11.3 Å². The van der Waals surface area contributed by atoms with E-state index in [1.165, 1.54) is 0 Å². The maximum atomic E-state index is 11.5. The van der Waals surface area contributed by atoms with Crippen LogP contribution in [0.4, 0.5) is 0 Å². The van der Waals surface area contributed by atoms with Crippen molar-refractivity contribution in [3.63, 3.8) is 0 Å². The highest BCUT2D eigenvalue weighted by molar-refractivity contribution is 5.80. The smallest absolute Gasteiger partial charge is 0.225 e. The lowest BCUT2D eigenvalue weighted by molar-refractivity contribution is -0.131. The van der Waals surface area contributed by atoms with Crippen molar-refractivity contribution in [3.05, 3.63) is 24.2 Å². The topological polar surface area (TPSA) is 33.5 Å². The maximum Gasteiger partial charge on any atom is 0.225 e. The van der Waals surface area contributed by atoms with E-state index in [1.54, 1.807) is 11.2 Å². The molecule has 0 radical (unpaired) electrons. The first-order chi connectivity index (χ1) is 6.27. The van der Waals surface area contributed by atoms with Gasteiger partial charge in [-0.2, -0.15) is 0 Å². The van der Waals surface area contributed by atoms with E-state index in [-0.39, 0.29) is 5.91 Å². The highest BCUT2D eigenvalue weighted by Crippen LogP contribution is 2.30. The van der Waals surface area contributed by atoms with Crippen molar-refractivity contribution < 1.29 is 9.21 Å². The number of hydrogen-bond donors (Lipinski definition) is 0. The second kappa shape index (κ2) is 3.24. The molecule has 1 aliphatic rings. The number of hydrogen-bond acceptors (Lipinski definition) is 2. The summed E-state index contributed by atoms with van der Waals surface area (Å²) in [7, 11) is 1.82. The molecular weight excluding hydrogens is 166 g/mol. The fourth-order valence-electron chi connectivity index (χ4n) is 1.36. The zero-order valence-electron chi connectivity index (χ0n) is 7.69. The molecule has 1 heterocycles. The molecule has 3 heteroatoms. The Morgan fingerprint density at radius 2 is 2.46 bits per heavy atom. The van der Waals surface area contributed by atoms with Crippen molar-refractivity contribution in [3.8, 4) is 0 Å². The first kappa shape index (κ1) is 8.35. The summed E-state index contributed by atoms with van der Waals surface area (Å²) in [6.07, 6.45) is 3.74. The second-order valence-electron chi connectivity index (χ2n) is 3.55. The van der Waals surface area contributed by atoms with Gasteiger partial charge in [0.1, 0.15) is 5.76 Å². The van der Waals surface area contributed by atoms with Gasteiger partial charge in [0.15, 0.2) is 0 Å². The standard InChI is InChI=1S/C10H13NO2/c1-11(10(12)8-4-5-8)7-9-3-2-6-13-9/h2-3,6,8H,4-5,7H2,1H3. The van der Waals surface area contributed by atoms with E-state index >= 15 is 0 Å². The second-order valence-corrected chi connectivity index (χ2v) is 3.55. The molecule has 2 rings (SSSR count). The number of nitrogens with zero attached hydrogens (tertiary/aromatic N) is 1. The quantitative estimate of drug-likeness (QED) is 0.706. The molecule has 0 N–H and O–H groups in total. The predicted molar refractivity (Wildman–Crippen MR) is 47.9 cm³/mol. The monoisotopic (exact) mass is 179 g/mol. The summed E-state index contributed by atoms with van der Waals surface area (Å²) in [5, 5.41) is 0. The Morgan fingerprint density at radius 3 is 3.00 bits per heavy atom. The Labute approximate surface area is 77.3 Å². The van der Waals surface area contributed by atoms with Crippen molar-refractivity contribution in [1.82, 2.24) is 4.90 Å². The molecule has 0 aliphatic heterocycles. The van der Waals surface area contributed by atoms with Crippen molar-refractivity contribution in [2.75, 3.05) is 7.05 Å². The summed E-state index contributed by atoms with van der Waals surface area (Å²) in [5.41, 5.74) is 0. The summed E-state index contributed by atoms with van der Waals surface area (Å²) in [4.78, 5) is 13.2. The zero-order chi connectivity index (χ0) is 9.26. The van der Waals surface area contributed by atoms with Crippen molar-refractivity contribution in [1.29, 1.82) is 0 Å². The molecular formula is C10H13NO2. The van der Waals surface area contributed by atoms with Crippen LogP contribution < -0.4 is 0 Å². The van der Waals surface area contributed by atoms with E-state index in [4.69, 9.17) is 4.42 Å². The molecule has 1 fully saturated rings. The molecule has 13 heavy (non-hydrogen) atoms. The molecule has 1 aromatic heterocycles. The van der Waals surface area contributed by atoms with Gasteiger partial charge in [-0.1, -0.05) is 0 Å². The van der Waals surface area contributed by atoms with Crippen LogP contribution in [0.15, 0.2) is 22.8 Å². The van der Waals surface area contributed by atoms with E-state index in [9.17, 15) is 4.79 Å². The lowest BCUT2D eigenvalue weighted by Gasteiger charge is -2.14. The van der Waals surface area contributed by atoms with Crippen LogP contribution in [0.2, 0.25) is 0 Å². The maximum absolute atomic E-state index is 11.5. The average molecular weight is 179 g/mol. The first-order valence-electron chi connectivity index (χ1n) is 4.55. The molecule has 0 unspecified atom stereocenters. The third kappa shape index (κ3) is 1.91. The van der Waals surface area contributed by atoms with Crippen molar-refractivity contribution in [2.45, 2.75) is 19.4 Å². The van der Waals surface area contributed by atoms with Gasteiger partial charge in [-0.05, 0) is 25.0 Å². The molecule has 1 amide bonds. The SMILES string of the molecule is CN(Cc1ccco1)C(=O)C1CC1. The van der Waals surface area contributed by atoms with Gasteiger partial charge in [0, 0.05) is 13.0 Å². The third-order valence-electron chi connectivity index (χ3n) is 2.28. The zero-order valence-corrected chi connectivity index (χ0v) is 7.69. The predicted octanol–water partition coefficient (Wildman–Crippen LogP) is 1.65. The van der Waals surface area contributed by atoms with Crippen LogP contribution in [0, 0.1) is 5.92 Å². The fraction of sp³-hybridized carbons (Fsp3) is 0.500. The molecule has 1 saturated carbocycles. The molecule has 3 nitrogen and oxygen atoms in total. The molecule has 0 saturated heterocycles. The summed E-state index contributed by atoms with van der Waals surface area (Å²) in [5.74, 6) is 1.38. The van der Waals surface area contributed by atoms with E-state index in [2.05, 4.69) is 0 Å². The normalized spacial score (nSPS) is 15.8. The van der Waals surface area contributed by atoms with Gasteiger partial charge < -0.3 is 9.32 Å². The Morgan fingerprint density at radius 1 is 1.69 bits per heavy atom. The van der Waals surface area contributed by atoms with Gasteiger partial charge in [-0.3, -0.25) is 4.79 Å². The Hall–Kier alpha value is -1.25. The van der Waals surface area contributed by atoms with E-state index in [1.807, 2.05) is 19.2 Å². The summed E-state index contributed by atoms with van der Waals surface area (Å²) < 4.78 is 5.16. The van der Waals surface area contributed by atoms with Crippen LogP contribution >= 0.6 is 0 Å². The molecule has 0 spiro atoms. The molecule has 1 aliphatic carbocycles. The first-order valence-corrected chi connectivity index (χ1v) is 4.55. The largest absolute Gasteiger partial charge is 0.467 e. The fourth-order valence-corrected chi connectivity index (χ4v) is 1.36. The van der Waals surface area contributed by atoms with Crippen molar-refractivity contribution in [2.24, 2.45) is 5.92 Å². The summed E-state index contributed by atoms with van der Waals surface area (Å²) in [6, 6.07) is 3.72. The highest BCUT2D eigenvalue weighted by atomic mass is 16.3. The highest BCUT2D eigenvalue weighted by Gasteiger charge is 2.32. The van der Waals surface area contributed by atoms with Crippen LogP contribution in [0.5, 0.6) is 0 Å². The van der Waals surface area contributed by atoms with Crippen LogP contribution in [0.3, 0.4) is 0 Å². The minimum Gasteiger partial charge on any atom is -0.467 e. The molecule has 0 aromatic carbocycles.